The van der Waals surface area contributed by atoms with E-state index in [1.54, 1.807) is 7.11 Å². The summed E-state index contributed by atoms with van der Waals surface area (Å²) in [5.74, 6) is 0. The normalized spacial score (nSPS) is 10.5. The first kappa shape index (κ1) is 11.6. The molecule has 0 N–H and O–H groups in total. The van der Waals surface area contributed by atoms with Gasteiger partial charge in [-0.05, 0) is 43.2 Å². The molecule has 0 bridgehead atoms. The first-order valence-electron chi connectivity index (χ1n) is 4.90. The predicted octanol–water partition coefficient (Wildman–Crippen LogP) is 3.30. The maximum absolute atomic E-state index is 5.03. The fraction of sp³-hybridized carbons (Fsp3) is 0.500. The van der Waals surface area contributed by atoms with Crippen LogP contribution in [0.25, 0.3) is 0 Å². The Bertz CT molecular complexity index is 284. The molecule has 2 heteroatoms. The Morgan fingerprint density at radius 1 is 1.36 bits per heavy atom. The molecule has 0 radical (unpaired) electrons. The van der Waals surface area contributed by atoms with Crippen LogP contribution in [0.4, 0.5) is 0 Å². The van der Waals surface area contributed by atoms with Gasteiger partial charge in [0.05, 0.1) is 0 Å². The molecular formula is C12H18OS. The van der Waals surface area contributed by atoms with Crippen molar-refractivity contribution in [2.45, 2.75) is 24.7 Å². The fourth-order valence-corrected chi connectivity index (χ4v) is 2.10. The molecule has 0 heterocycles. The molecule has 0 saturated carbocycles. The topological polar surface area (TPSA) is 9.23 Å². The van der Waals surface area contributed by atoms with Crippen LogP contribution in [0, 0.1) is 6.92 Å². The molecule has 0 saturated heterocycles. The quantitative estimate of drug-likeness (QED) is 0.545. The lowest BCUT2D eigenvalue weighted by atomic mass is 10.1. The molecule has 0 atom stereocenters. The van der Waals surface area contributed by atoms with Crippen LogP contribution in [0.5, 0.6) is 0 Å². The number of aryl methyl sites for hydroxylation is 2. The van der Waals surface area contributed by atoms with Crippen LogP contribution in [0.3, 0.4) is 0 Å². The third-order valence-electron chi connectivity index (χ3n) is 2.27. The van der Waals surface area contributed by atoms with E-state index in [0.717, 1.165) is 19.4 Å². The minimum absolute atomic E-state index is 0.851. The lowest BCUT2D eigenvalue weighted by Crippen LogP contribution is -1.93. The van der Waals surface area contributed by atoms with Gasteiger partial charge in [0.1, 0.15) is 0 Å². The molecule has 78 valence electrons. The van der Waals surface area contributed by atoms with Crippen molar-refractivity contribution < 1.29 is 4.74 Å². The highest BCUT2D eigenvalue weighted by Gasteiger charge is 1.98. The molecule has 0 amide bonds. The molecule has 0 fully saturated rings. The van der Waals surface area contributed by atoms with E-state index in [4.69, 9.17) is 4.74 Å². The van der Waals surface area contributed by atoms with Gasteiger partial charge < -0.3 is 4.74 Å². The van der Waals surface area contributed by atoms with Gasteiger partial charge in [0.2, 0.25) is 0 Å². The summed E-state index contributed by atoms with van der Waals surface area (Å²) in [6.07, 6.45) is 4.34. The SMILES string of the molecule is COCCCc1ccc(SC)c(C)c1. The van der Waals surface area contributed by atoms with Crippen LogP contribution in [-0.2, 0) is 11.2 Å². The van der Waals surface area contributed by atoms with Crippen LogP contribution in [0.2, 0.25) is 0 Å². The molecule has 0 spiro atoms. The second kappa shape index (κ2) is 6.10. The van der Waals surface area contributed by atoms with E-state index in [-0.39, 0.29) is 0 Å². The summed E-state index contributed by atoms with van der Waals surface area (Å²) < 4.78 is 5.03. The molecule has 1 nitrogen and oxygen atoms in total. The largest absolute Gasteiger partial charge is 0.385 e. The van der Waals surface area contributed by atoms with E-state index in [2.05, 4.69) is 31.4 Å². The molecule has 0 aliphatic heterocycles. The number of methoxy groups -OCH3 is 1. The summed E-state index contributed by atoms with van der Waals surface area (Å²) in [5.41, 5.74) is 2.80. The summed E-state index contributed by atoms with van der Waals surface area (Å²) in [6, 6.07) is 6.71. The van der Waals surface area contributed by atoms with E-state index in [0.29, 0.717) is 0 Å². The summed E-state index contributed by atoms with van der Waals surface area (Å²) in [7, 11) is 1.75. The van der Waals surface area contributed by atoms with Crippen LogP contribution >= 0.6 is 11.8 Å². The van der Waals surface area contributed by atoms with Gasteiger partial charge in [-0.1, -0.05) is 12.1 Å². The van der Waals surface area contributed by atoms with Crippen molar-refractivity contribution in [2.24, 2.45) is 0 Å². The van der Waals surface area contributed by atoms with Crippen molar-refractivity contribution in [3.8, 4) is 0 Å². The number of hydrogen-bond donors (Lipinski definition) is 0. The van der Waals surface area contributed by atoms with E-state index in [1.807, 2.05) is 11.8 Å². The van der Waals surface area contributed by atoms with Gasteiger partial charge in [0.15, 0.2) is 0 Å². The van der Waals surface area contributed by atoms with Crippen molar-refractivity contribution in [2.75, 3.05) is 20.0 Å². The van der Waals surface area contributed by atoms with Crippen LogP contribution in [-0.4, -0.2) is 20.0 Å². The Morgan fingerprint density at radius 3 is 2.71 bits per heavy atom. The van der Waals surface area contributed by atoms with E-state index < -0.39 is 0 Å². The monoisotopic (exact) mass is 210 g/mol. The van der Waals surface area contributed by atoms with Gasteiger partial charge in [-0.2, -0.15) is 0 Å². The number of benzene rings is 1. The summed E-state index contributed by atoms with van der Waals surface area (Å²) in [5, 5.41) is 0. The highest BCUT2D eigenvalue weighted by molar-refractivity contribution is 7.98. The third-order valence-corrected chi connectivity index (χ3v) is 3.17. The molecule has 0 aliphatic carbocycles. The highest BCUT2D eigenvalue weighted by atomic mass is 32.2. The standard InChI is InChI=1S/C12H18OS/c1-10-9-11(5-4-8-13-2)6-7-12(10)14-3/h6-7,9H,4-5,8H2,1-3H3. The number of ether oxygens (including phenoxy) is 1. The maximum atomic E-state index is 5.03. The zero-order valence-corrected chi connectivity index (χ0v) is 9.99. The van der Waals surface area contributed by atoms with Crippen molar-refractivity contribution >= 4 is 11.8 Å². The minimum atomic E-state index is 0.851. The molecule has 0 aliphatic rings. The molecule has 14 heavy (non-hydrogen) atoms. The van der Waals surface area contributed by atoms with Crippen molar-refractivity contribution in [3.05, 3.63) is 29.3 Å². The first-order valence-corrected chi connectivity index (χ1v) is 6.13. The summed E-state index contributed by atoms with van der Waals surface area (Å²) in [4.78, 5) is 1.38. The molecule has 0 aromatic heterocycles. The summed E-state index contributed by atoms with van der Waals surface area (Å²) in [6.45, 7) is 3.02. The Balaban J connectivity index is 2.57. The second-order valence-electron chi connectivity index (χ2n) is 3.40. The lowest BCUT2D eigenvalue weighted by Gasteiger charge is -2.06. The van der Waals surface area contributed by atoms with Gasteiger partial charge >= 0.3 is 0 Å². The minimum Gasteiger partial charge on any atom is -0.385 e. The Kier molecular flexibility index (Phi) is 5.05. The Hall–Kier alpha value is -0.470. The molecule has 1 aromatic rings. The molecule has 0 unspecified atom stereocenters. The van der Waals surface area contributed by atoms with E-state index in [9.17, 15) is 0 Å². The fourth-order valence-electron chi connectivity index (χ4n) is 1.52. The van der Waals surface area contributed by atoms with Crippen molar-refractivity contribution in [1.82, 2.24) is 0 Å². The van der Waals surface area contributed by atoms with Crippen LogP contribution in [0.1, 0.15) is 17.5 Å². The zero-order valence-electron chi connectivity index (χ0n) is 9.17. The Morgan fingerprint density at radius 2 is 2.14 bits per heavy atom. The number of thioether (sulfide) groups is 1. The maximum Gasteiger partial charge on any atom is 0.0465 e. The predicted molar refractivity (Wildman–Crippen MR) is 63.2 cm³/mol. The van der Waals surface area contributed by atoms with E-state index in [1.165, 1.54) is 16.0 Å². The van der Waals surface area contributed by atoms with Gasteiger partial charge in [0, 0.05) is 18.6 Å². The van der Waals surface area contributed by atoms with E-state index >= 15 is 0 Å². The molecule has 1 rings (SSSR count). The highest BCUT2D eigenvalue weighted by Crippen LogP contribution is 2.21. The first-order chi connectivity index (χ1) is 6.77. The van der Waals surface area contributed by atoms with Gasteiger partial charge in [0.25, 0.3) is 0 Å². The molecular weight excluding hydrogens is 192 g/mol. The third kappa shape index (κ3) is 3.35. The lowest BCUT2D eigenvalue weighted by molar-refractivity contribution is 0.195. The number of rotatable bonds is 5. The summed E-state index contributed by atoms with van der Waals surface area (Å²) >= 11 is 1.81. The van der Waals surface area contributed by atoms with Gasteiger partial charge in [-0.25, -0.2) is 0 Å². The second-order valence-corrected chi connectivity index (χ2v) is 4.25. The van der Waals surface area contributed by atoms with Crippen molar-refractivity contribution in [3.63, 3.8) is 0 Å². The Labute approximate surface area is 90.9 Å². The smallest absolute Gasteiger partial charge is 0.0465 e. The van der Waals surface area contributed by atoms with Crippen molar-refractivity contribution in [1.29, 1.82) is 0 Å². The average molecular weight is 210 g/mol. The van der Waals surface area contributed by atoms with Crippen LogP contribution < -0.4 is 0 Å². The number of hydrogen-bond acceptors (Lipinski definition) is 2. The van der Waals surface area contributed by atoms with Gasteiger partial charge in [-0.15, -0.1) is 11.8 Å². The average Bonchev–Trinajstić information content (AvgIpc) is 2.18. The van der Waals surface area contributed by atoms with Crippen LogP contribution in [0.15, 0.2) is 23.1 Å². The molecule has 1 aromatic carbocycles. The zero-order chi connectivity index (χ0) is 10.4. The van der Waals surface area contributed by atoms with Gasteiger partial charge in [-0.3, -0.25) is 0 Å².